The zero-order valence-corrected chi connectivity index (χ0v) is 12.2. The highest BCUT2D eigenvalue weighted by Gasteiger charge is 2.37. The average Bonchev–Trinajstić information content (AvgIpc) is 2.70. The fraction of sp³-hybridized carbons (Fsp3) is 0.462. The smallest absolute Gasteiger partial charge is 0.224 e. The van der Waals surface area contributed by atoms with Crippen LogP contribution in [0.3, 0.4) is 0 Å². The number of carbonyl (C=O) groups excluding carboxylic acids is 1. The van der Waals surface area contributed by atoms with E-state index in [2.05, 4.69) is 5.32 Å². The second kappa shape index (κ2) is 5.51. The quantitative estimate of drug-likeness (QED) is 0.854. The molecule has 104 valence electrons. The van der Waals surface area contributed by atoms with E-state index in [0.29, 0.717) is 6.54 Å². The van der Waals surface area contributed by atoms with E-state index < -0.39 is 15.8 Å². The predicted molar refractivity (Wildman–Crippen MR) is 73.9 cm³/mol. The minimum atomic E-state index is -3.46. The van der Waals surface area contributed by atoms with Crippen LogP contribution in [0.15, 0.2) is 29.2 Å². The molecule has 1 aliphatic rings. The summed E-state index contributed by atoms with van der Waals surface area (Å²) in [4.78, 5) is 11.9. The zero-order valence-electron chi connectivity index (χ0n) is 10.6. The molecule has 6 heteroatoms. The molecular weight excluding hydrogens is 286 g/mol. The third kappa shape index (κ3) is 3.09. The molecule has 2 rings (SSSR count). The Morgan fingerprint density at radius 2 is 1.95 bits per heavy atom. The van der Waals surface area contributed by atoms with Gasteiger partial charge in [-0.2, -0.15) is 0 Å². The summed E-state index contributed by atoms with van der Waals surface area (Å²) in [7, 11) is -3.46. The van der Waals surface area contributed by atoms with Crippen LogP contribution >= 0.6 is 11.6 Å². The van der Waals surface area contributed by atoms with Gasteiger partial charge in [-0.15, -0.1) is 11.6 Å². The van der Waals surface area contributed by atoms with E-state index in [1.54, 1.807) is 24.3 Å². The molecular formula is C13H16ClNO3S. The maximum atomic E-state index is 12.3. The first-order chi connectivity index (χ1) is 8.94. The Bertz CT molecular complexity index is 568. The van der Waals surface area contributed by atoms with Gasteiger partial charge < -0.3 is 5.32 Å². The summed E-state index contributed by atoms with van der Waals surface area (Å²) in [5, 5.41) is 2.67. The van der Waals surface area contributed by atoms with Crippen LogP contribution in [0.25, 0.3) is 0 Å². The van der Waals surface area contributed by atoms with Crippen molar-refractivity contribution in [2.24, 2.45) is 11.8 Å². The number of sulfone groups is 1. The highest BCUT2D eigenvalue weighted by Crippen LogP contribution is 2.24. The van der Waals surface area contributed by atoms with E-state index in [1.807, 2.05) is 6.92 Å². The van der Waals surface area contributed by atoms with Crippen molar-refractivity contribution in [2.45, 2.75) is 11.8 Å². The van der Waals surface area contributed by atoms with Crippen LogP contribution in [0.4, 0.5) is 0 Å². The second-order valence-electron chi connectivity index (χ2n) is 4.86. The second-order valence-corrected chi connectivity index (χ2v) is 7.20. The maximum absolute atomic E-state index is 12.3. The van der Waals surface area contributed by atoms with Gasteiger partial charge >= 0.3 is 0 Å². The van der Waals surface area contributed by atoms with Gasteiger partial charge in [0.1, 0.15) is 0 Å². The normalized spacial score (nSPS) is 23.4. The number of carbonyl (C=O) groups is 1. The fourth-order valence-electron chi connectivity index (χ4n) is 2.17. The van der Waals surface area contributed by atoms with Crippen molar-refractivity contribution in [2.75, 3.05) is 18.2 Å². The van der Waals surface area contributed by atoms with Crippen molar-refractivity contribution in [3.05, 3.63) is 29.8 Å². The number of rotatable bonds is 4. The Morgan fingerprint density at radius 1 is 1.32 bits per heavy atom. The van der Waals surface area contributed by atoms with Gasteiger partial charge in [-0.3, -0.25) is 4.79 Å². The van der Waals surface area contributed by atoms with Crippen LogP contribution < -0.4 is 5.32 Å². The zero-order chi connectivity index (χ0) is 14.0. The number of amides is 1. The van der Waals surface area contributed by atoms with Gasteiger partial charge in [-0.25, -0.2) is 8.42 Å². The monoisotopic (exact) mass is 301 g/mol. The minimum absolute atomic E-state index is 0.116. The summed E-state index contributed by atoms with van der Waals surface area (Å²) in [5.74, 6) is -0.786. The highest BCUT2D eigenvalue weighted by atomic mass is 35.5. The molecule has 1 fully saturated rings. The van der Waals surface area contributed by atoms with Gasteiger partial charge in [0.25, 0.3) is 0 Å². The lowest BCUT2D eigenvalue weighted by molar-refractivity contribution is -0.122. The molecule has 1 aliphatic heterocycles. The predicted octanol–water partition coefficient (Wildman–Crippen LogP) is 1.37. The third-order valence-electron chi connectivity index (χ3n) is 3.42. The summed E-state index contributed by atoms with van der Waals surface area (Å²) in [6.45, 7) is 2.35. The molecule has 4 nitrogen and oxygen atoms in total. The first-order valence-electron chi connectivity index (χ1n) is 6.07. The number of halogens is 1. The van der Waals surface area contributed by atoms with Gasteiger partial charge in [0.05, 0.1) is 16.6 Å². The molecule has 1 amide bonds. The van der Waals surface area contributed by atoms with Gasteiger partial charge in [0.15, 0.2) is 9.84 Å². The fourth-order valence-corrected chi connectivity index (χ4v) is 4.13. The van der Waals surface area contributed by atoms with Crippen LogP contribution in [0, 0.1) is 18.8 Å². The SMILES string of the molecule is Cc1ccc(S(=O)(=O)C[C@@H]2C(=O)NC[C@@H]2CCl)cc1. The molecule has 2 atom stereocenters. The van der Waals surface area contributed by atoms with Crippen molar-refractivity contribution in [3.8, 4) is 0 Å². The largest absolute Gasteiger partial charge is 0.355 e. The van der Waals surface area contributed by atoms with E-state index in [1.165, 1.54) is 0 Å². The molecule has 1 aromatic rings. The first kappa shape index (κ1) is 14.3. The topological polar surface area (TPSA) is 63.2 Å². The number of hydrogen-bond donors (Lipinski definition) is 1. The first-order valence-corrected chi connectivity index (χ1v) is 8.26. The van der Waals surface area contributed by atoms with Crippen LogP contribution in [-0.4, -0.2) is 32.5 Å². The number of aryl methyl sites for hydroxylation is 1. The highest BCUT2D eigenvalue weighted by molar-refractivity contribution is 7.91. The molecule has 1 aromatic carbocycles. The standard InChI is InChI=1S/C13H16ClNO3S/c1-9-2-4-11(5-3-9)19(17,18)8-12-10(6-14)7-15-13(12)16/h2-5,10,12H,6-8H2,1H3,(H,15,16)/t10-,12-/m0/s1. The molecule has 0 radical (unpaired) electrons. The molecule has 0 spiro atoms. The summed E-state index contributed by atoms with van der Waals surface area (Å²) in [5.41, 5.74) is 0.996. The lowest BCUT2D eigenvalue weighted by atomic mass is 10.00. The van der Waals surface area contributed by atoms with Crippen LogP contribution in [0.2, 0.25) is 0 Å². The van der Waals surface area contributed by atoms with E-state index in [9.17, 15) is 13.2 Å². The maximum Gasteiger partial charge on any atom is 0.224 e. The van der Waals surface area contributed by atoms with Crippen LogP contribution in [-0.2, 0) is 14.6 Å². The molecule has 0 unspecified atom stereocenters. The van der Waals surface area contributed by atoms with Gasteiger partial charge in [0.2, 0.25) is 5.91 Å². The third-order valence-corrected chi connectivity index (χ3v) is 5.61. The van der Waals surface area contributed by atoms with Crippen molar-refractivity contribution >= 4 is 27.3 Å². The van der Waals surface area contributed by atoms with Gasteiger partial charge in [-0.1, -0.05) is 17.7 Å². The molecule has 1 N–H and O–H groups in total. The van der Waals surface area contributed by atoms with Crippen LogP contribution in [0.5, 0.6) is 0 Å². The van der Waals surface area contributed by atoms with E-state index >= 15 is 0 Å². The molecule has 0 aromatic heterocycles. The molecule has 19 heavy (non-hydrogen) atoms. The lowest BCUT2D eigenvalue weighted by Crippen LogP contribution is -2.28. The summed E-state index contributed by atoms with van der Waals surface area (Å²) in [6.07, 6.45) is 0. The van der Waals surface area contributed by atoms with Gasteiger partial charge in [0, 0.05) is 18.3 Å². The number of hydrogen-bond acceptors (Lipinski definition) is 3. The van der Waals surface area contributed by atoms with E-state index in [-0.39, 0.29) is 28.4 Å². The molecule has 0 saturated carbocycles. The average molecular weight is 302 g/mol. The molecule has 1 heterocycles. The number of benzene rings is 1. The van der Waals surface area contributed by atoms with Crippen molar-refractivity contribution < 1.29 is 13.2 Å². The summed E-state index contributed by atoms with van der Waals surface area (Å²) < 4.78 is 24.6. The van der Waals surface area contributed by atoms with Crippen molar-refractivity contribution in [1.82, 2.24) is 5.32 Å². The number of alkyl halides is 1. The van der Waals surface area contributed by atoms with E-state index in [4.69, 9.17) is 11.6 Å². The van der Waals surface area contributed by atoms with Gasteiger partial charge in [-0.05, 0) is 19.1 Å². The Morgan fingerprint density at radius 3 is 2.53 bits per heavy atom. The summed E-state index contributed by atoms with van der Waals surface area (Å²) in [6, 6.07) is 6.65. The minimum Gasteiger partial charge on any atom is -0.355 e. The summed E-state index contributed by atoms with van der Waals surface area (Å²) >= 11 is 5.78. The molecule has 1 saturated heterocycles. The number of nitrogens with one attached hydrogen (secondary N) is 1. The Labute approximate surface area is 118 Å². The van der Waals surface area contributed by atoms with Crippen LogP contribution in [0.1, 0.15) is 5.56 Å². The van der Waals surface area contributed by atoms with Crippen molar-refractivity contribution in [1.29, 1.82) is 0 Å². The van der Waals surface area contributed by atoms with Crippen molar-refractivity contribution in [3.63, 3.8) is 0 Å². The van der Waals surface area contributed by atoms with E-state index in [0.717, 1.165) is 5.56 Å². The molecule has 0 aliphatic carbocycles. The lowest BCUT2D eigenvalue weighted by Gasteiger charge is -2.14. The Kier molecular flexibility index (Phi) is 4.16. The Balaban J connectivity index is 2.21. The molecule has 0 bridgehead atoms. The Hall–Kier alpha value is -1.07.